The Morgan fingerprint density at radius 1 is 1.54 bits per heavy atom. The number of methoxy groups -OCH3 is 1. The van der Waals surface area contributed by atoms with Crippen LogP contribution in [0, 0.1) is 11.3 Å². The van der Waals surface area contributed by atoms with Crippen molar-refractivity contribution in [2.24, 2.45) is 0 Å². The summed E-state index contributed by atoms with van der Waals surface area (Å²) in [7, 11) is 1.25. The molecule has 0 aliphatic rings. The summed E-state index contributed by atoms with van der Waals surface area (Å²) in [5.74, 6) is -0.0611. The number of nitrogens with zero attached hydrogens (tertiary/aromatic N) is 2. The number of rotatable bonds is 2. The van der Waals surface area contributed by atoms with Crippen LogP contribution in [0.1, 0.15) is 17.6 Å². The molecule has 0 aliphatic heterocycles. The second-order valence-corrected chi connectivity index (χ2v) is 2.22. The predicted molar refractivity (Wildman–Crippen MR) is 40.5 cm³/mol. The molecule has 0 N–H and O–H groups in total. The minimum Gasteiger partial charge on any atom is -0.495 e. The average molecular weight is 184 g/mol. The van der Waals surface area contributed by atoms with E-state index in [0.29, 0.717) is 0 Å². The highest BCUT2D eigenvalue weighted by atomic mass is 19.3. The Balaban J connectivity index is 3.32. The minimum atomic E-state index is -2.73. The van der Waals surface area contributed by atoms with Gasteiger partial charge in [0.1, 0.15) is 11.8 Å². The molecule has 0 radical (unpaired) electrons. The Bertz CT molecular complexity index is 346. The average Bonchev–Trinajstić information content (AvgIpc) is 2.16. The van der Waals surface area contributed by atoms with Crippen molar-refractivity contribution in [2.45, 2.75) is 6.43 Å². The van der Waals surface area contributed by atoms with Crippen LogP contribution < -0.4 is 4.74 Å². The van der Waals surface area contributed by atoms with Crippen molar-refractivity contribution >= 4 is 0 Å². The first kappa shape index (κ1) is 9.39. The summed E-state index contributed by atoms with van der Waals surface area (Å²) in [5.41, 5.74) is -0.561. The zero-order valence-electron chi connectivity index (χ0n) is 6.79. The molecule has 0 fully saturated rings. The summed E-state index contributed by atoms with van der Waals surface area (Å²) in [4.78, 5) is 3.59. The van der Waals surface area contributed by atoms with Gasteiger partial charge < -0.3 is 4.74 Å². The van der Waals surface area contributed by atoms with Crippen molar-refractivity contribution in [3.63, 3.8) is 0 Å². The Kier molecular flexibility index (Phi) is 2.75. The summed E-state index contributed by atoms with van der Waals surface area (Å²) in [6.45, 7) is 0. The van der Waals surface area contributed by atoms with E-state index in [-0.39, 0.29) is 11.3 Å². The van der Waals surface area contributed by atoms with Crippen molar-refractivity contribution in [1.82, 2.24) is 4.98 Å². The van der Waals surface area contributed by atoms with Gasteiger partial charge in [0.05, 0.1) is 24.4 Å². The molecule has 68 valence electrons. The van der Waals surface area contributed by atoms with Gasteiger partial charge in [0, 0.05) is 6.20 Å². The van der Waals surface area contributed by atoms with Crippen molar-refractivity contribution in [1.29, 1.82) is 5.26 Å². The fourth-order valence-electron chi connectivity index (χ4n) is 0.928. The van der Waals surface area contributed by atoms with Crippen molar-refractivity contribution in [2.75, 3.05) is 7.11 Å². The molecule has 0 amide bonds. The van der Waals surface area contributed by atoms with Gasteiger partial charge >= 0.3 is 0 Å². The third-order valence-corrected chi connectivity index (χ3v) is 1.51. The van der Waals surface area contributed by atoms with Gasteiger partial charge in [0.15, 0.2) is 0 Å². The second-order valence-electron chi connectivity index (χ2n) is 2.22. The molecule has 3 nitrogen and oxygen atoms in total. The first-order valence-electron chi connectivity index (χ1n) is 3.40. The van der Waals surface area contributed by atoms with Gasteiger partial charge in [-0.2, -0.15) is 5.26 Å². The lowest BCUT2D eigenvalue weighted by atomic mass is 10.1. The van der Waals surface area contributed by atoms with Crippen molar-refractivity contribution in [3.8, 4) is 11.8 Å². The molecule has 1 rings (SSSR count). The maximum absolute atomic E-state index is 12.4. The molecule has 0 atom stereocenters. The van der Waals surface area contributed by atoms with Crippen LogP contribution in [0.5, 0.6) is 5.75 Å². The number of pyridine rings is 1. The van der Waals surface area contributed by atoms with Gasteiger partial charge in [-0.3, -0.25) is 4.98 Å². The van der Waals surface area contributed by atoms with Gasteiger partial charge in [0.25, 0.3) is 6.43 Å². The molecule has 1 aromatic heterocycles. The third-order valence-electron chi connectivity index (χ3n) is 1.51. The molecule has 0 spiro atoms. The molecule has 5 heteroatoms. The molecule has 0 bridgehead atoms. The van der Waals surface area contributed by atoms with E-state index in [1.165, 1.54) is 7.11 Å². The number of alkyl halides is 2. The monoisotopic (exact) mass is 184 g/mol. The van der Waals surface area contributed by atoms with Crippen LogP contribution in [0.4, 0.5) is 8.78 Å². The molecule has 1 heterocycles. The van der Waals surface area contributed by atoms with Crippen LogP contribution in [-0.2, 0) is 0 Å². The normalized spacial score (nSPS) is 9.77. The second kappa shape index (κ2) is 3.81. The fourth-order valence-corrected chi connectivity index (χ4v) is 0.928. The molecule has 0 saturated heterocycles. The quantitative estimate of drug-likeness (QED) is 0.705. The van der Waals surface area contributed by atoms with E-state index >= 15 is 0 Å². The molecule has 13 heavy (non-hydrogen) atoms. The van der Waals surface area contributed by atoms with Crippen LogP contribution in [0.25, 0.3) is 0 Å². The predicted octanol–water partition coefficient (Wildman–Crippen LogP) is 1.90. The lowest BCUT2D eigenvalue weighted by molar-refractivity contribution is 0.146. The van der Waals surface area contributed by atoms with Gasteiger partial charge in [-0.25, -0.2) is 8.78 Å². The van der Waals surface area contributed by atoms with Crippen LogP contribution in [0.3, 0.4) is 0 Å². The number of hydrogen-bond acceptors (Lipinski definition) is 3. The smallest absolute Gasteiger partial charge is 0.268 e. The number of ether oxygens (including phenoxy) is 1. The third kappa shape index (κ3) is 1.72. The summed E-state index contributed by atoms with van der Waals surface area (Å²) in [6, 6.07) is 1.63. The molecule has 1 aromatic rings. The SMILES string of the molecule is COc1cncc(C#N)c1C(F)F. The maximum Gasteiger partial charge on any atom is 0.268 e. The van der Waals surface area contributed by atoms with E-state index in [2.05, 4.69) is 9.72 Å². The zero-order valence-corrected chi connectivity index (χ0v) is 6.79. The summed E-state index contributed by atoms with van der Waals surface area (Å²) in [5, 5.41) is 8.51. The van der Waals surface area contributed by atoms with Gasteiger partial charge in [0.2, 0.25) is 0 Å². The number of halogens is 2. The van der Waals surface area contributed by atoms with E-state index in [4.69, 9.17) is 5.26 Å². The molecular formula is C8H6F2N2O. The highest BCUT2D eigenvalue weighted by Crippen LogP contribution is 2.30. The van der Waals surface area contributed by atoms with E-state index < -0.39 is 12.0 Å². The number of aromatic nitrogens is 1. The maximum atomic E-state index is 12.4. The van der Waals surface area contributed by atoms with E-state index in [0.717, 1.165) is 12.4 Å². The minimum absolute atomic E-state index is 0.0611. The van der Waals surface area contributed by atoms with Crippen LogP contribution in [0.15, 0.2) is 12.4 Å². The van der Waals surface area contributed by atoms with Gasteiger partial charge in [-0.1, -0.05) is 0 Å². The van der Waals surface area contributed by atoms with Crippen molar-refractivity contribution in [3.05, 3.63) is 23.5 Å². The molecule has 0 aromatic carbocycles. The number of nitriles is 1. The first-order chi connectivity index (χ1) is 6.20. The Morgan fingerprint density at radius 2 is 2.23 bits per heavy atom. The first-order valence-corrected chi connectivity index (χ1v) is 3.40. The van der Waals surface area contributed by atoms with Gasteiger partial charge in [-0.05, 0) is 0 Å². The van der Waals surface area contributed by atoms with Crippen molar-refractivity contribution < 1.29 is 13.5 Å². The number of hydrogen-bond donors (Lipinski definition) is 0. The Morgan fingerprint density at radius 3 is 2.69 bits per heavy atom. The lowest BCUT2D eigenvalue weighted by Crippen LogP contribution is -1.97. The highest BCUT2D eigenvalue weighted by molar-refractivity contribution is 5.44. The summed E-state index contributed by atoms with van der Waals surface area (Å²) in [6.07, 6.45) is -0.487. The van der Waals surface area contributed by atoms with E-state index in [1.54, 1.807) is 6.07 Å². The fraction of sp³-hybridized carbons (Fsp3) is 0.250. The zero-order chi connectivity index (χ0) is 9.84. The molecule has 0 aliphatic carbocycles. The molecule has 0 saturated carbocycles. The van der Waals surface area contributed by atoms with Gasteiger partial charge in [-0.15, -0.1) is 0 Å². The molecular weight excluding hydrogens is 178 g/mol. The molecule has 0 unspecified atom stereocenters. The summed E-state index contributed by atoms with van der Waals surface area (Å²) < 4.78 is 29.5. The van der Waals surface area contributed by atoms with Crippen LogP contribution in [-0.4, -0.2) is 12.1 Å². The highest BCUT2D eigenvalue weighted by Gasteiger charge is 2.18. The Labute approximate surface area is 73.6 Å². The standard InChI is InChI=1S/C8H6F2N2O/c1-13-6-4-12-3-5(2-11)7(6)8(9)10/h3-4,8H,1H3. The van der Waals surface area contributed by atoms with Crippen LogP contribution >= 0.6 is 0 Å². The topological polar surface area (TPSA) is 45.9 Å². The summed E-state index contributed by atoms with van der Waals surface area (Å²) >= 11 is 0. The van der Waals surface area contributed by atoms with Crippen LogP contribution in [0.2, 0.25) is 0 Å². The van der Waals surface area contributed by atoms with E-state index in [9.17, 15) is 8.78 Å². The lowest BCUT2D eigenvalue weighted by Gasteiger charge is -2.07. The van der Waals surface area contributed by atoms with E-state index in [1.807, 2.05) is 0 Å². The largest absolute Gasteiger partial charge is 0.495 e. The Hall–Kier alpha value is -1.70.